The van der Waals surface area contributed by atoms with Crippen LogP contribution in [0.15, 0.2) is 30.6 Å². The fourth-order valence-corrected chi connectivity index (χ4v) is 6.57. The third kappa shape index (κ3) is 3.19. The highest BCUT2D eigenvalue weighted by Gasteiger charge is 2.49. The molecule has 8 nitrogen and oxygen atoms in total. The minimum atomic E-state index is 0.136. The second kappa shape index (κ2) is 7.68. The molecule has 3 aliphatic heterocycles. The molecule has 1 aliphatic carbocycles. The van der Waals surface area contributed by atoms with E-state index in [2.05, 4.69) is 39.1 Å². The topological polar surface area (TPSA) is 68.4 Å². The second-order valence-corrected chi connectivity index (χ2v) is 10.8. The van der Waals surface area contributed by atoms with E-state index in [0.717, 1.165) is 50.5 Å². The van der Waals surface area contributed by atoms with Crippen molar-refractivity contribution < 1.29 is 9.53 Å². The number of anilines is 2. The molecule has 1 amide bonds. The maximum atomic E-state index is 12.3. The Morgan fingerprint density at radius 2 is 2.11 bits per heavy atom. The van der Waals surface area contributed by atoms with E-state index in [9.17, 15) is 4.79 Å². The SMILES string of the molecule is CC(=O)N1CCc2c(c(N3CC4(CCC4)c4cc(-c5cnn(C)c5)ccc43)nn2C2CCOC2)C1. The monoisotopic (exact) mass is 472 g/mol. The molecule has 4 aliphatic rings. The average Bonchev–Trinajstić information content (AvgIpc) is 3.61. The summed E-state index contributed by atoms with van der Waals surface area (Å²) in [5, 5.41) is 9.65. The number of nitrogens with zero attached hydrogens (tertiary/aromatic N) is 6. The van der Waals surface area contributed by atoms with Crippen LogP contribution in [0.1, 0.15) is 55.5 Å². The van der Waals surface area contributed by atoms with Gasteiger partial charge in [0.15, 0.2) is 5.82 Å². The number of aryl methyl sites for hydroxylation is 1. The van der Waals surface area contributed by atoms with Crippen molar-refractivity contribution in [1.82, 2.24) is 24.5 Å². The van der Waals surface area contributed by atoms with Gasteiger partial charge in [-0.05, 0) is 42.5 Å². The van der Waals surface area contributed by atoms with Gasteiger partial charge in [0.2, 0.25) is 5.91 Å². The predicted molar refractivity (Wildman–Crippen MR) is 133 cm³/mol. The summed E-state index contributed by atoms with van der Waals surface area (Å²) in [7, 11) is 1.96. The first-order chi connectivity index (χ1) is 17.0. The molecule has 0 radical (unpaired) electrons. The van der Waals surface area contributed by atoms with Crippen LogP contribution >= 0.6 is 0 Å². The number of fused-ring (bicyclic) bond motifs is 3. The van der Waals surface area contributed by atoms with Crippen LogP contribution in [0.5, 0.6) is 0 Å². The maximum absolute atomic E-state index is 12.3. The second-order valence-electron chi connectivity index (χ2n) is 10.8. The first-order valence-corrected chi connectivity index (χ1v) is 12.9. The van der Waals surface area contributed by atoms with E-state index in [-0.39, 0.29) is 17.4 Å². The summed E-state index contributed by atoms with van der Waals surface area (Å²) in [6.07, 6.45) is 9.58. The summed E-state index contributed by atoms with van der Waals surface area (Å²) in [5.41, 5.74) is 7.79. The normalized spacial score (nSPS) is 22.4. The maximum Gasteiger partial charge on any atom is 0.219 e. The van der Waals surface area contributed by atoms with E-state index in [1.807, 2.05) is 22.8 Å². The van der Waals surface area contributed by atoms with Crippen molar-refractivity contribution in [3.8, 4) is 11.1 Å². The van der Waals surface area contributed by atoms with E-state index in [4.69, 9.17) is 9.84 Å². The predicted octanol–water partition coefficient (Wildman–Crippen LogP) is 3.72. The van der Waals surface area contributed by atoms with E-state index in [0.29, 0.717) is 6.54 Å². The lowest BCUT2D eigenvalue weighted by Gasteiger charge is -2.39. The Morgan fingerprint density at radius 1 is 1.23 bits per heavy atom. The van der Waals surface area contributed by atoms with Crippen LogP contribution in [0.3, 0.4) is 0 Å². The summed E-state index contributed by atoms with van der Waals surface area (Å²) in [6.45, 7) is 5.55. The Kier molecular flexibility index (Phi) is 4.65. The van der Waals surface area contributed by atoms with Crippen LogP contribution in [0.25, 0.3) is 11.1 Å². The number of aromatic nitrogens is 4. The van der Waals surface area contributed by atoms with E-state index < -0.39 is 0 Å². The Balaban J connectivity index is 1.34. The van der Waals surface area contributed by atoms with Crippen molar-refractivity contribution in [2.75, 3.05) is 31.2 Å². The summed E-state index contributed by atoms with van der Waals surface area (Å²) in [6, 6.07) is 7.17. The minimum absolute atomic E-state index is 0.136. The van der Waals surface area contributed by atoms with Crippen LogP contribution in [0, 0.1) is 0 Å². The molecule has 2 aromatic heterocycles. The zero-order valence-corrected chi connectivity index (χ0v) is 20.5. The first-order valence-electron chi connectivity index (χ1n) is 12.9. The third-order valence-electron chi connectivity index (χ3n) is 8.69. The number of ether oxygens (including phenoxy) is 1. The molecule has 1 saturated carbocycles. The van der Waals surface area contributed by atoms with Gasteiger partial charge in [0.05, 0.1) is 25.4 Å². The number of benzene rings is 1. The zero-order chi connectivity index (χ0) is 23.7. The van der Waals surface area contributed by atoms with Crippen molar-refractivity contribution in [2.45, 2.75) is 57.0 Å². The van der Waals surface area contributed by atoms with Gasteiger partial charge in [0.25, 0.3) is 0 Å². The molecule has 0 bridgehead atoms. The molecular weight excluding hydrogens is 440 g/mol. The van der Waals surface area contributed by atoms with Crippen LogP contribution in [-0.2, 0) is 35.0 Å². The van der Waals surface area contributed by atoms with Crippen molar-refractivity contribution in [2.24, 2.45) is 7.05 Å². The Bertz CT molecular complexity index is 1310. The molecule has 3 aromatic rings. The molecule has 35 heavy (non-hydrogen) atoms. The summed E-state index contributed by atoms with van der Waals surface area (Å²) in [4.78, 5) is 16.7. The van der Waals surface area contributed by atoms with Gasteiger partial charge >= 0.3 is 0 Å². The number of rotatable bonds is 3. The minimum Gasteiger partial charge on any atom is -0.379 e. The third-order valence-corrected chi connectivity index (χ3v) is 8.69. The lowest BCUT2D eigenvalue weighted by molar-refractivity contribution is -0.129. The lowest BCUT2D eigenvalue weighted by atomic mass is 9.65. The molecule has 0 N–H and O–H groups in total. The number of carbonyl (C=O) groups excluding carboxylic acids is 1. The molecule has 182 valence electrons. The van der Waals surface area contributed by atoms with Crippen molar-refractivity contribution in [3.05, 3.63) is 47.4 Å². The molecule has 8 heteroatoms. The highest BCUT2D eigenvalue weighted by molar-refractivity contribution is 5.79. The molecule has 5 heterocycles. The molecule has 2 fully saturated rings. The van der Waals surface area contributed by atoms with E-state index in [1.54, 1.807) is 6.92 Å². The summed E-state index contributed by atoms with van der Waals surface area (Å²) < 4.78 is 9.83. The molecule has 7 rings (SSSR count). The standard InChI is InChI=1S/C27H32N6O2/c1-18(34)31-10-6-24-22(15-31)26(29-33(24)21-7-11-35-16-21)32-17-27(8-3-9-27)23-12-19(4-5-25(23)32)20-13-28-30(2)14-20/h4-5,12-14,21H,3,6-11,15-17H2,1-2H3. The number of hydrogen-bond donors (Lipinski definition) is 0. The molecule has 1 saturated heterocycles. The zero-order valence-electron chi connectivity index (χ0n) is 20.5. The van der Waals surface area contributed by atoms with Crippen molar-refractivity contribution in [3.63, 3.8) is 0 Å². The van der Waals surface area contributed by atoms with Gasteiger partial charge in [-0.15, -0.1) is 0 Å². The summed E-state index contributed by atoms with van der Waals surface area (Å²) >= 11 is 0. The molecular formula is C27H32N6O2. The number of carbonyl (C=O) groups is 1. The van der Waals surface area contributed by atoms with Gasteiger partial charge in [-0.25, -0.2) is 0 Å². The van der Waals surface area contributed by atoms with Crippen LogP contribution in [-0.4, -0.2) is 56.7 Å². The highest BCUT2D eigenvalue weighted by Crippen LogP contribution is 2.55. The lowest BCUT2D eigenvalue weighted by Crippen LogP contribution is -2.39. The van der Waals surface area contributed by atoms with Gasteiger partial charge in [0.1, 0.15) is 0 Å². The Hall–Kier alpha value is -3.13. The van der Waals surface area contributed by atoms with Gasteiger partial charge < -0.3 is 14.5 Å². The summed E-state index contributed by atoms with van der Waals surface area (Å²) in [5.74, 6) is 1.17. The fourth-order valence-electron chi connectivity index (χ4n) is 6.57. The Morgan fingerprint density at radius 3 is 2.80 bits per heavy atom. The quantitative estimate of drug-likeness (QED) is 0.581. The highest BCUT2D eigenvalue weighted by atomic mass is 16.5. The van der Waals surface area contributed by atoms with Gasteiger partial charge in [-0.2, -0.15) is 10.2 Å². The van der Waals surface area contributed by atoms with E-state index >= 15 is 0 Å². The van der Waals surface area contributed by atoms with Crippen LogP contribution < -0.4 is 4.90 Å². The molecule has 1 unspecified atom stereocenters. The van der Waals surface area contributed by atoms with Gasteiger partial charge in [0, 0.05) is 74.2 Å². The largest absolute Gasteiger partial charge is 0.379 e. The van der Waals surface area contributed by atoms with Crippen molar-refractivity contribution >= 4 is 17.4 Å². The average molecular weight is 473 g/mol. The fraction of sp³-hybridized carbons (Fsp3) is 0.519. The number of hydrogen-bond acceptors (Lipinski definition) is 5. The first kappa shape index (κ1) is 21.2. The van der Waals surface area contributed by atoms with Crippen molar-refractivity contribution in [1.29, 1.82) is 0 Å². The smallest absolute Gasteiger partial charge is 0.219 e. The molecule has 1 atom stereocenters. The van der Waals surface area contributed by atoms with Crippen LogP contribution in [0.2, 0.25) is 0 Å². The van der Waals surface area contributed by atoms with Gasteiger partial charge in [-0.3, -0.25) is 14.2 Å². The number of amides is 1. The van der Waals surface area contributed by atoms with E-state index in [1.165, 1.54) is 47.3 Å². The van der Waals surface area contributed by atoms with Gasteiger partial charge in [-0.1, -0.05) is 12.5 Å². The Labute approximate surface area is 205 Å². The molecule has 1 spiro atoms. The molecule has 1 aromatic carbocycles. The van der Waals surface area contributed by atoms with Crippen LogP contribution in [0.4, 0.5) is 11.5 Å².